The quantitative estimate of drug-likeness (QED) is 0.802. The molecule has 0 fully saturated rings. The van der Waals surface area contributed by atoms with Crippen LogP contribution in [0.1, 0.15) is 10.4 Å². The van der Waals surface area contributed by atoms with Crippen molar-refractivity contribution in [1.29, 1.82) is 0 Å². The van der Waals surface area contributed by atoms with Crippen molar-refractivity contribution >= 4 is 21.9 Å². The number of halogens is 2. The molecule has 0 aliphatic rings. The molecule has 0 aliphatic carbocycles. The summed E-state index contributed by atoms with van der Waals surface area (Å²) in [4.78, 5) is 11.1. The summed E-state index contributed by atoms with van der Waals surface area (Å²) in [6, 6.07) is 10.7. The first-order chi connectivity index (χ1) is 10.1. The molecular weight excluding hydrogens is 343 g/mol. The topological polar surface area (TPSA) is 55.8 Å². The molecule has 2 aromatic rings. The Balaban J connectivity index is 1.92. The summed E-state index contributed by atoms with van der Waals surface area (Å²) in [5.41, 5.74) is 0.0512. The van der Waals surface area contributed by atoms with Gasteiger partial charge in [0.05, 0.1) is 0 Å². The molecule has 0 bridgehead atoms. The minimum absolute atomic E-state index is 0.0512. The van der Waals surface area contributed by atoms with Crippen molar-refractivity contribution < 1.29 is 23.8 Å². The maximum atomic E-state index is 13.3. The molecule has 0 amide bonds. The van der Waals surface area contributed by atoms with Gasteiger partial charge in [-0.25, -0.2) is 9.18 Å². The highest BCUT2D eigenvalue weighted by Gasteiger charge is 2.12. The monoisotopic (exact) mass is 354 g/mol. The number of para-hydroxylation sites is 1. The summed E-state index contributed by atoms with van der Waals surface area (Å²) in [6.07, 6.45) is 0. The molecule has 2 rings (SSSR count). The molecule has 2 aromatic carbocycles. The number of rotatable bonds is 6. The molecular formula is C15H12BrFO4. The SMILES string of the molecule is O=C(O)c1cc(Br)ccc1OCCOc1ccccc1F. The van der Waals surface area contributed by atoms with Crippen molar-refractivity contribution in [2.45, 2.75) is 0 Å². The van der Waals surface area contributed by atoms with Crippen molar-refractivity contribution in [3.63, 3.8) is 0 Å². The number of benzene rings is 2. The van der Waals surface area contributed by atoms with Crippen LogP contribution >= 0.6 is 15.9 Å². The number of ether oxygens (including phenoxy) is 2. The molecule has 4 nitrogen and oxygen atoms in total. The van der Waals surface area contributed by atoms with Gasteiger partial charge < -0.3 is 14.6 Å². The zero-order chi connectivity index (χ0) is 15.2. The van der Waals surface area contributed by atoms with Crippen LogP contribution in [0.4, 0.5) is 4.39 Å². The number of carboxylic acid groups (broad SMARTS) is 1. The molecule has 0 saturated heterocycles. The largest absolute Gasteiger partial charge is 0.489 e. The van der Waals surface area contributed by atoms with E-state index in [0.717, 1.165) is 0 Å². The lowest BCUT2D eigenvalue weighted by Crippen LogP contribution is -2.11. The van der Waals surface area contributed by atoms with Crippen LogP contribution in [-0.2, 0) is 0 Å². The zero-order valence-electron chi connectivity index (χ0n) is 10.9. The van der Waals surface area contributed by atoms with Gasteiger partial charge in [0.15, 0.2) is 11.6 Å². The molecule has 21 heavy (non-hydrogen) atoms. The van der Waals surface area contributed by atoms with Crippen molar-refractivity contribution in [3.8, 4) is 11.5 Å². The van der Waals surface area contributed by atoms with E-state index < -0.39 is 11.8 Å². The van der Waals surface area contributed by atoms with Crippen LogP contribution in [0.5, 0.6) is 11.5 Å². The van der Waals surface area contributed by atoms with Crippen LogP contribution in [0.15, 0.2) is 46.9 Å². The van der Waals surface area contributed by atoms with E-state index in [-0.39, 0.29) is 30.3 Å². The number of carbonyl (C=O) groups is 1. The summed E-state index contributed by atoms with van der Waals surface area (Å²) in [6.45, 7) is 0.215. The average Bonchev–Trinajstić information content (AvgIpc) is 2.46. The van der Waals surface area contributed by atoms with Crippen LogP contribution in [0, 0.1) is 5.82 Å². The van der Waals surface area contributed by atoms with Crippen LogP contribution < -0.4 is 9.47 Å². The molecule has 0 unspecified atom stereocenters. The van der Waals surface area contributed by atoms with Crippen LogP contribution in [0.2, 0.25) is 0 Å². The Kier molecular flexibility index (Phi) is 5.16. The average molecular weight is 355 g/mol. The summed E-state index contributed by atoms with van der Waals surface area (Å²) in [7, 11) is 0. The zero-order valence-corrected chi connectivity index (χ0v) is 12.5. The van der Waals surface area contributed by atoms with Gasteiger partial charge in [-0.1, -0.05) is 28.1 Å². The van der Waals surface area contributed by atoms with Crippen molar-refractivity contribution in [2.24, 2.45) is 0 Å². The summed E-state index contributed by atoms with van der Waals surface area (Å²) in [5, 5.41) is 9.08. The molecule has 1 N–H and O–H groups in total. The standard InChI is InChI=1S/C15H12BrFO4/c16-10-5-6-13(11(9-10)15(18)19)20-7-8-21-14-4-2-1-3-12(14)17/h1-6,9H,7-8H2,(H,18,19). The molecule has 110 valence electrons. The highest BCUT2D eigenvalue weighted by Crippen LogP contribution is 2.23. The third kappa shape index (κ3) is 4.19. The van der Waals surface area contributed by atoms with E-state index >= 15 is 0 Å². The van der Waals surface area contributed by atoms with E-state index in [0.29, 0.717) is 4.47 Å². The molecule has 0 spiro atoms. The van der Waals surface area contributed by atoms with Gasteiger partial charge in [-0.3, -0.25) is 0 Å². The van der Waals surface area contributed by atoms with E-state index in [9.17, 15) is 9.18 Å². The normalized spacial score (nSPS) is 10.2. The third-order valence-corrected chi connectivity index (χ3v) is 3.10. The third-order valence-electron chi connectivity index (χ3n) is 2.61. The molecule has 0 saturated carbocycles. The number of hydrogen-bond donors (Lipinski definition) is 1. The lowest BCUT2D eigenvalue weighted by atomic mass is 10.2. The van der Waals surface area contributed by atoms with Crippen molar-refractivity contribution in [3.05, 3.63) is 58.3 Å². The second-order valence-corrected chi connectivity index (χ2v) is 4.99. The fourth-order valence-electron chi connectivity index (χ4n) is 1.66. The number of carboxylic acids is 1. The van der Waals surface area contributed by atoms with Gasteiger partial charge in [-0.2, -0.15) is 0 Å². The van der Waals surface area contributed by atoms with E-state index in [1.807, 2.05) is 0 Å². The van der Waals surface area contributed by atoms with Crippen LogP contribution in [-0.4, -0.2) is 24.3 Å². The first kappa shape index (κ1) is 15.3. The lowest BCUT2D eigenvalue weighted by Gasteiger charge is -2.11. The van der Waals surface area contributed by atoms with Crippen molar-refractivity contribution in [2.75, 3.05) is 13.2 Å². The predicted molar refractivity (Wildman–Crippen MR) is 78.5 cm³/mol. The molecule has 6 heteroatoms. The molecule has 0 atom stereocenters. The van der Waals surface area contributed by atoms with Gasteiger partial charge in [-0.05, 0) is 30.3 Å². The Morgan fingerprint density at radius 2 is 1.76 bits per heavy atom. The van der Waals surface area contributed by atoms with Gasteiger partial charge in [0.1, 0.15) is 24.5 Å². The number of aromatic carboxylic acids is 1. The highest BCUT2D eigenvalue weighted by atomic mass is 79.9. The van der Waals surface area contributed by atoms with Gasteiger partial charge in [0.25, 0.3) is 0 Å². The van der Waals surface area contributed by atoms with Gasteiger partial charge >= 0.3 is 5.97 Å². The minimum atomic E-state index is -1.08. The van der Waals surface area contributed by atoms with E-state index in [1.54, 1.807) is 24.3 Å². The van der Waals surface area contributed by atoms with Crippen molar-refractivity contribution in [1.82, 2.24) is 0 Å². The molecule has 0 aromatic heterocycles. The first-order valence-corrected chi connectivity index (χ1v) is 6.90. The van der Waals surface area contributed by atoms with E-state index in [2.05, 4.69) is 15.9 Å². The Hall–Kier alpha value is -2.08. The van der Waals surface area contributed by atoms with Gasteiger partial charge in [0.2, 0.25) is 0 Å². The predicted octanol–water partition coefficient (Wildman–Crippen LogP) is 3.74. The molecule has 0 aliphatic heterocycles. The lowest BCUT2D eigenvalue weighted by molar-refractivity contribution is 0.0691. The minimum Gasteiger partial charge on any atom is -0.489 e. The maximum absolute atomic E-state index is 13.3. The summed E-state index contributed by atoms with van der Waals surface area (Å²) in [5.74, 6) is -1.16. The fraction of sp³-hybridized carbons (Fsp3) is 0.133. The van der Waals surface area contributed by atoms with E-state index in [4.69, 9.17) is 14.6 Å². The van der Waals surface area contributed by atoms with Crippen LogP contribution in [0.25, 0.3) is 0 Å². The number of hydrogen-bond acceptors (Lipinski definition) is 3. The molecule has 0 radical (unpaired) electrons. The second kappa shape index (κ2) is 7.08. The van der Waals surface area contributed by atoms with Gasteiger partial charge in [-0.15, -0.1) is 0 Å². The first-order valence-electron chi connectivity index (χ1n) is 6.11. The van der Waals surface area contributed by atoms with Gasteiger partial charge in [0, 0.05) is 4.47 Å². The Morgan fingerprint density at radius 3 is 2.43 bits per heavy atom. The summed E-state index contributed by atoms with van der Waals surface area (Å²) >= 11 is 3.20. The highest BCUT2D eigenvalue weighted by molar-refractivity contribution is 9.10. The second-order valence-electron chi connectivity index (χ2n) is 4.07. The summed E-state index contributed by atoms with van der Waals surface area (Å²) < 4.78 is 24.5. The smallest absolute Gasteiger partial charge is 0.339 e. The molecule has 0 heterocycles. The fourth-order valence-corrected chi connectivity index (χ4v) is 2.02. The maximum Gasteiger partial charge on any atom is 0.339 e. The van der Waals surface area contributed by atoms with E-state index in [1.165, 1.54) is 18.2 Å². The Labute approximate surface area is 129 Å². The Morgan fingerprint density at radius 1 is 1.10 bits per heavy atom. The van der Waals surface area contributed by atoms with Crippen LogP contribution in [0.3, 0.4) is 0 Å². The Bertz CT molecular complexity index is 645.